The molecule has 5 rings (SSSR count). The van der Waals surface area contributed by atoms with Crippen LogP contribution in [-0.4, -0.2) is 48.1 Å². The first kappa shape index (κ1) is 18.6. The molecular weight excluding hydrogens is 406 g/mol. The number of rotatable bonds is 2. The first-order valence-electron chi connectivity index (χ1n) is 9.63. The zero-order valence-electron chi connectivity index (χ0n) is 15.9. The minimum Gasteiger partial charge on any atom is -0.355 e. The van der Waals surface area contributed by atoms with Gasteiger partial charge < -0.3 is 20.2 Å². The summed E-state index contributed by atoms with van der Waals surface area (Å²) >= 11 is 0. The zero-order chi connectivity index (χ0) is 20.9. The first-order valence-corrected chi connectivity index (χ1v) is 11.1. The highest BCUT2D eigenvalue weighted by Crippen LogP contribution is 2.30. The molecule has 1 aromatic heterocycles. The van der Waals surface area contributed by atoms with Crippen molar-refractivity contribution in [2.24, 2.45) is 10.3 Å². The van der Waals surface area contributed by atoms with Crippen LogP contribution in [-0.2, 0) is 14.8 Å². The van der Waals surface area contributed by atoms with Gasteiger partial charge in [-0.3, -0.25) is 4.79 Å². The molecule has 2 aliphatic rings. The van der Waals surface area contributed by atoms with Gasteiger partial charge >= 0.3 is 5.69 Å². The Morgan fingerprint density at radius 3 is 2.60 bits per heavy atom. The molecule has 3 aromatic rings. The van der Waals surface area contributed by atoms with Gasteiger partial charge in [0.05, 0.1) is 11.0 Å². The quantitative estimate of drug-likeness (QED) is 0.575. The van der Waals surface area contributed by atoms with Crippen molar-refractivity contribution < 1.29 is 13.2 Å². The molecule has 3 N–H and O–H groups in total. The number of hydrogen-bond donors (Lipinski definition) is 3. The van der Waals surface area contributed by atoms with Crippen molar-refractivity contribution in [3.8, 4) is 0 Å². The minimum absolute atomic E-state index is 0.0896. The van der Waals surface area contributed by atoms with Gasteiger partial charge in [0.2, 0.25) is 5.91 Å². The van der Waals surface area contributed by atoms with Gasteiger partial charge in [0, 0.05) is 30.3 Å². The van der Waals surface area contributed by atoms with Crippen LogP contribution < -0.4 is 11.0 Å². The number of imidazole rings is 1. The molecule has 1 saturated heterocycles. The Morgan fingerprint density at radius 1 is 1.07 bits per heavy atom. The molecule has 10 heteroatoms. The SMILES string of the molecule is O=C(Nc1ccc2[nH]c(=O)[nH]c2c1)C1CCN(C2=NS(=O)(=O)c3ccccc32)CC1. The highest BCUT2D eigenvalue weighted by Gasteiger charge is 2.34. The molecule has 30 heavy (non-hydrogen) atoms. The number of carbonyl (C=O) groups excluding carboxylic acids is 1. The molecule has 9 nitrogen and oxygen atoms in total. The van der Waals surface area contributed by atoms with Crippen molar-refractivity contribution >= 4 is 38.5 Å². The Morgan fingerprint density at radius 2 is 1.80 bits per heavy atom. The summed E-state index contributed by atoms with van der Waals surface area (Å²) in [6, 6.07) is 12.0. The Labute approximate surface area is 171 Å². The average Bonchev–Trinajstić information content (AvgIpc) is 3.24. The van der Waals surface area contributed by atoms with E-state index in [2.05, 4.69) is 19.7 Å². The third-order valence-electron chi connectivity index (χ3n) is 5.56. The largest absolute Gasteiger partial charge is 0.355 e. The van der Waals surface area contributed by atoms with E-state index in [1.165, 1.54) is 0 Å². The fourth-order valence-electron chi connectivity index (χ4n) is 4.02. The third-order valence-corrected chi connectivity index (χ3v) is 6.89. The molecule has 0 radical (unpaired) electrons. The van der Waals surface area contributed by atoms with E-state index in [0.29, 0.717) is 54.1 Å². The number of fused-ring (bicyclic) bond motifs is 2. The van der Waals surface area contributed by atoms with Crippen LogP contribution in [0.3, 0.4) is 0 Å². The van der Waals surface area contributed by atoms with E-state index < -0.39 is 10.0 Å². The Bertz CT molecular complexity index is 1350. The molecule has 1 fully saturated rings. The standard InChI is InChI=1S/C20H19N5O4S/c26-19(21-13-5-6-15-16(11-13)23-20(27)22-15)12-7-9-25(10-8-12)18-14-3-1-2-4-17(14)30(28,29)24-18/h1-6,11-12H,7-10H2,(H,21,26)(H2,22,23,27). The topological polar surface area (TPSA) is 127 Å². The van der Waals surface area contributed by atoms with Gasteiger partial charge in [-0.25, -0.2) is 4.79 Å². The maximum absolute atomic E-state index is 12.7. The van der Waals surface area contributed by atoms with Crippen molar-refractivity contribution in [2.75, 3.05) is 18.4 Å². The lowest BCUT2D eigenvalue weighted by Crippen LogP contribution is -2.41. The molecule has 2 aliphatic heterocycles. The number of anilines is 1. The molecule has 0 spiro atoms. The third kappa shape index (κ3) is 3.18. The van der Waals surface area contributed by atoms with E-state index >= 15 is 0 Å². The van der Waals surface area contributed by atoms with Gasteiger partial charge in [-0.15, -0.1) is 4.40 Å². The van der Waals surface area contributed by atoms with Gasteiger partial charge in [0.25, 0.3) is 10.0 Å². The number of H-pyrrole nitrogens is 2. The highest BCUT2D eigenvalue weighted by molar-refractivity contribution is 7.90. The van der Waals surface area contributed by atoms with E-state index in [-0.39, 0.29) is 22.4 Å². The number of amides is 1. The zero-order valence-corrected chi connectivity index (χ0v) is 16.7. The van der Waals surface area contributed by atoms with Crippen LogP contribution >= 0.6 is 0 Å². The molecule has 0 aliphatic carbocycles. The second-order valence-electron chi connectivity index (χ2n) is 7.48. The van der Waals surface area contributed by atoms with Crippen molar-refractivity contribution in [1.29, 1.82) is 0 Å². The first-order chi connectivity index (χ1) is 14.4. The molecule has 2 aromatic carbocycles. The monoisotopic (exact) mass is 425 g/mol. The number of nitrogens with zero attached hydrogens (tertiary/aromatic N) is 2. The Kier molecular flexibility index (Phi) is 4.24. The number of aromatic nitrogens is 2. The molecule has 0 unspecified atom stereocenters. The predicted molar refractivity (Wildman–Crippen MR) is 112 cm³/mol. The summed E-state index contributed by atoms with van der Waals surface area (Å²) in [6.45, 7) is 1.09. The number of sulfonamides is 1. The molecule has 154 valence electrons. The number of likely N-dealkylation sites (tertiary alicyclic amines) is 1. The van der Waals surface area contributed by atoms with Crippen LogP contribution in [0, 0.1) is 5.92 Å². The van der Waals surface area contributed by atoms with Crippen molar-refractivity contribution in [2.45, 2.75) is 17.7 Å². The van der Waals surface area contributed by atoms with Crippen molar-refractivity contribution in [1.82, 2.24) is 14.9 Å². The lowest BCUT2D eigenvalue weighted by atomic mass is 9.95. The molecule has 3 heterocycles. The normalized spacial score (nSPS) is 18.3. The highest BCUT2D eigenvalue weighted by atomic mass is 32.2. The van der Waals surface area contributed by atoms with E-state index in [1.807, 2.05) is 4.90 Å². The summed E-state index contributed by atoms with van der Waals surface area (Å²) in [5.74, 6) is 0.190. The maximum Gasteiger partial charge on any atom is 0.323 e. The molecule has 1 amide bonds. The van der Waals surface area contributed by atoms with Crippen LogP contribution in [0.25, 0.3) is 11.0 Å². The van der Waals surface area contributed by atoms with Crippen molar-refractivity contribution in [3.63, 3.8) is 0 Å². The lowest BCUT2D eigenvalue weighted by molar-refractivity contribution is -0.120. The van der Waals surface area contributed by atoms with Crippen LogP contribution in [0.15, 0.2) is 56.6 Å². The fraction of sp³-hybridized carbons (Fsp3) is 0.250. The molecular formula is C20H19N5O4S. The summed E-state index contributed by atoms with van der Waals surface area (Å²) in [5, 5.41) is 2.91. The number of piperidine rings is 1. The number of carbonyl (C=O) groups is 1. The van der Waals surface area contributed by atoms with Crippen LogP contribution in [0.1, 0.15) is 18.4 Å². The number of nitrogens with one attached hydrogen (secondary N) is 3. The number of amidine groups is 1. The van der Waals surface area contributed by atoms with Gasteiger partial charge in [0.1, 0.15) is 4.90 Å². The minimum atomic E-state index is -3.65. The van der Waals surface area contributed by atoms with Crippen LogP contribution in [0.4, 0.5) is 5.69 Å². The van der Waals surface area contributed by atoms with E-state index in [9.17, 15) is 18.0 Å². The predicted octanol–water partition coefficient (Wildman–Crippen LogP) is 1.66. The summed E-state index contributed by atoms with van der Waals surface area (Å²) < 4.78 is 28.5. The Balaban J connectivity index is 1.27. The average molecular weight is 425 g/mol. The fourth-order valence-corrected chi connectivity index (χ4v) is 5.25. The van der Waals surface area contributed by atoms with Gasteiger partial charge in [-0.1, -0.05) is 12.1 Å². The Hall–Kier alpha value is -3.40. The van der Waals surface area contributed by atoms with Gasteiger partial charge in [0.15, 0.2) is 5.84 Å². The molecule has 0 saturated carbocycles. The van der Waals surface area contributed by atoms with Crippen molar-refractivity contribution in [3.05, 3.63) is 58.5 Å². The number of benzene rings is 2. The summed E-state index contributed by atoms with van der Waals surface area (Å²) in [7, 11) is -3.65. The van der Waals surface area contributed by atoms with E-state index in [4.69, 9.17) is 0 Å². The second kappa shape index (κ2) is 6.84. The smallest absolute Gasteiger partial charge is 0.323 e. The van der Waals surface area contributed by atoms with Crippen LogP contribution in [0.5, 0.6) is 0 Å². The lowest BCUT2D eigenvalue weighted by Gasteiger charge is -2.32. The summed E-state index contributed by atoms with van der Waals surface area (Å²) in [6.07, 6.45) is 1.19. The second-order valence-corrected chi connectivity index (χ2v) is 9.05. The van der Waals surface area contributed by atoms with Gasteiger partial charge in [-0.2, -0.15) is 8.42 Å². The van der Waals surface area contributed by atoms with E-state index in [0.717, 1.165) is 0 Å². The van der Waals surface area contributed by atoms with Gasteiger partial charge in [-0.05, 0) is 43.2 Å². The maximum atomic E-state index is 12.7. The van der Waals surface area contributed by atoms with E-state index in [1.54, 1.807) is 42.5 Å². The number of hydrogen-bond acceptors (Lipinski definition) is 5. The summed E-state index contributed by atoms with van der Waals surface area (Å²) in [5.41, 5.74) is 2.25. The molecule has 0 atom stereocenters. The molecule has 0 bridgehead atoms. The summed E-state index contributed by atoms with van der Waals surface area (Å²) in [4.78, 5) is 31.6. The number of aromatic amines is 2. The van der Waals surface area contributed by atoms with Crippen LogP contribution in [0.2, 0.25) is 0 Å².